The largest absolute Gasteiger partial charge is 0.493 e. The average molecular weight is 392 g/mol. The number of thioether (sulfide) groups is 1. The zero-order chi connectivity index (χ0) is 19.1. The predicted octanol–water partition coefficient (Wildman–Crippen LogP) is 5.25. The zero-order valence-corrected chi connectivity index (χ0v) is 16.5. The number of hydrogen-bond donors (Lipinski definition) is 0. The first-order valence-electron chi connectivity index (χ1n) is 9.15. The Morgan fingerprint density at radius 2 is 1.96 bits per heavy atom. The van der Waals surface area contributed by atoms with Crippen LogP contribution in [-0.4, -0.2) is 24.1 Å². The van der Waals surface area contributed by atoms with E-state index in [2.05, 4.69) is 36.6 Å². The minimum atomic E-state index is -0.322. The monoisotopic (exact) mass is 392 g/mol. The molecule has 0 spiro atoms. The first-order chi connectivity index (χ1) is 13.8. The SMILES string of the molecule is COc1cccc2c1O[C@H](c1ccc(SC)cc1)N1N=C(c3ccco3)C[C@H]21. The molecule has 3 aromatic rings. The van der Waals surface area contributed by atoms with Gasteiger partial charge in [0.05, 0.1) is 19.4 Å². The highest BCUT2D eigenvalue weighted by atomic mass is 32.2. The van der Waals surface area contributed by atoms with Gasteiger partial charge in [-0.25, -0.2) is 5.01 Å². The van der Waals surface area contributed by atoms with E-state index in [-0.39, 0.29) is 12.3 Å². The first kappa shape index (κ1) is 17.3. The molecule has 0 unspecified atom stereocenters. The van der Waals surface area contributed by atoms with Crippen LogP contribution in [-0.2, 0) is 0 Å². The highest BCUT2D eigenvalue weighted by Crippen LogP contribution is 2.50. The second-order valence-electron chi connectivity index (χ2n) is 6.75. The predicted molar refractivity (Wildman–Crippen MR) is 109 cm³/mol. The van der Waals surface area contributed by atoms with Crippen LogP contribution in [0.3, 0.4) is 0 Å². The quantitative estimate of drug-likeness (QED) is 0.567. The molecule has 2 aromatic carbocycles. The summed E-state index contributed by atoms with van der Waals surface area (Å²) in [6, 6.07) is 18.4. The van der Waals surface area contributed by atoms with Crippen LogP contribution in [0.2, 0.25) is 0 Å². The molecule has 6 heteroatoms. The molecular formula is C22H20N2O3S. The number of furan rings is 1. The van der Waals surface area contributed by atoms with Crippen molar-refractivity contribution in [2.24, 2.45) is 5.10 Å². The van der Waals surface area contributed by atoms with Crippen molar-refractivity contribution in [1.29, 1.82) is 0 Å². The Hall–Kier alpha value is -2.86. The van der Waals surface area contributed by atoms with E-state index < -0.39 is 0 Å². The van der Waals surface area contributed by atoms with Gasteiger partial charge in [0.1, 0.15) is 11.5 Å². The van der Waals surface area contributed by atoms with E-state index in [1.165, 1.54) is 4.90 Å². The summed E-state index contributed by atoms with van der Waals surface area (Å²) in [5.41, 5.74) is 3.07. The van der Waals surface area contributed by atoms with Crippen molar-refractivity contribution < 1.29 is 13.9 Å². The summed E-state index contributed by atoms with van der Waals surface area (Å²) >= 11 is 1.72. The van der Waals surface area contributed by atoms with E-state index in [9.17, 15) is 0 Å². The molecule has 2 aliphatic rings. The summed E-state index contributed by atoms with van der Waals surface area (Å²) in [5.74, 6) is 2.34. The summed E-state index contributed by atoms with van der Waals surface area (Å²) in [5, 5.41) is 6.94. The van der Waals surface area contributed by atoms with Crippen molar-refractivity contribution in [1.82, 2.24) is 5.01 Å². The van der Waals surface area contributed by atoms with Crippen LogP contribution in [0.25, 0.3) is 0 Å². The Bertz CT molecular complexity index is 1010. The van der Waals surface area contributed by atoms with E-state index >= 15 is 0 Å². The summed E-state index contributed by atoms with van der Waals surface area (Å²) in [7, 11) is 1.67. The minimum Gasteiger partial charge on any atom is -0.493 e. The van der Waals surface area contributed by atoms with E-state index in [1.54, 1.807) is 25.1 Å². The number of nitrogens with zero attached hydrogens (tertiary/aromatic N) is 2. The topological polar surface area (TPSA) is 47.2 Å². The highest BCUT2D eigenvalue weighted by Gasteiger charge is 2.42. The molecule has 1 aromatic heterocycles. The van der Waals surface area contributed by atoms with Crippen molar-refractivity contribution in [3.8, 4) is 11.5 Å². The number of para-hydroxylation sites is 1. The number of benzene rings is 2. The van der Waals surface area contributed by atoms with Crippen LogP contribution < -0.4 is 9.47 Å². The molecule has 0 saturated heterocycles. The lowest BCUT2D eigenvalue weighted by Crippen LogP contribution is -2.33. The molecule has 0 aliphatic carbocycles. The van der Waals surface area contributed by atoms with Crippen molar-refractivity contribution in [3.05, 3.63) is 77.7 Å². The lowest BCUT2D eigenvalue weighted by Gasteiger charge is -2.38. The molecule has 3 heterocycles. The number of fused-ring (bicyclic) bond motifs is 3. The maximum absolute atomic E-state index is 6.45. The Kier molecular flexibility index (Phi) is 4.28. The Morgan fingerprint density at radius 1 is 1.11 bits per heavy atom. The number of ether oxygens (including phenoxy) is 2. The summed E-state index contributed by atoms with van der Waals surface area (Å²) in [6.07, 6.45) is 4.19. The number of hydrogen-bond acceptors (Lipinski definition) is 6. The molecule has 0 N–H and O–H groups in total. The minimum absolute atomic E-state index is 0.0733. The lowest BCUT2D eigenvalue weighted by molar-refractivity contribution is -0.0209. The Morgan fingerprint density at radius 3 is 2.68 bits per heavy atom. The van der Waals surface area contributed by atoms with E-state index in [0.717, 1.165) is 40.5 Å². The van der Waals surface area contributed by atoms with Crippen LogP contribution in [0, 0.1) is 0 Å². The highest BCUT2D eigenvalue weighted by molar-refractivity contribution is 7.98. The van der Waals surface area contributed by atoms with E-state index in [4.69, 9.17) is 19.0 Å². The van der Waals surface area contributed by atoms with Gasteiger partial charge in [0.25, 0.3) is 0 Å². The fraction of sp³-hybridized carbons (Fsp3) is 0.227. The van der Waals surface area contributed by atoms with Crippen LogP contribution in [0.4, 0.5) is 0 Å². The summed E-state index contributed by atoms with van der Waals surface area (Å²) < 4.78 is 17.6. The molecule has 2 atom stereocenters. The van der Waals surface area contributed by atoms with Gasteiger partial charge in [-0.05, 0) is 36.6 Å². The van der Waals surface area contributed by atoms with Gasteiger partial charge in [0.15, 0.2) is 11.5 Å². The average Bonchev–Trinajstić information content (AvgIpc) is 3.42. The van der Waals surface area contributed by atoms with Crippen LogP contribution in [0.15, 0.2) is 75.3 Å². The lowest BCUT2D eigenvalue weighted by atomic mass is 9.97. The molecule has 0 radical (unpaired) electrons. The normalized spacial score (nSPS) is 20.2. The van der Waals surface area contributed by atoms with E-state index in [1.807, 2.05) is 29.3 Å². The molecule has 0 amide bonds. The molecule has 142 valence electrons. The molecular weight excluding hydrogens is 372 g/mol. The van der Waals surface area contributed by atoms with Gasteiger partial charge >= 0.3 is 0 Å². The number of rotatable bonds is 4. The molecule has 0 fully saturated rings. The fourth-order valence-corrected chi connectivity index (χ4v) is 4.23. The maximum Gasteiger partial charge on any atom is 0.214 e. The smallest absolute Gasteiger partial charge is 0.214 e. The molecule has 0 bridgehead atoms. The van der Waals surface area contributed by atoms with Gasteiger partial charge < -0.3 is 13.9 Å². The standard InChI is InChI=1S/C22H20N2O3S/c1-25-20-6-3-5-16-18-13-17(19-7-4-12-26-19)23-24(18)22(27-21(16)20)14-8-10-15(28-2)11-9-14/h3-12,18,22H,13H2,1-2H3/t18-,22-/m1/s1. The van der Waals surface area contributed by atoms with Crippen LogP contribution in [0.5, 0.6) is 11.5 Å². The summed E-state index contributed by atoms with van der Waals surface area (Å²) in [6.45, 7) is 0. The molecule has 28 heavy (non-hydrogen) atoms. The summed E-state index contributed by atoms with van der Waals surface area (Å²) in [4.78, 5) is 1.22. The fourth-order valence-electron chi connectivity index (χ4n) is 3.82. The van der Waals surface area contributed by atoms with Crippen molar-refractivity contribution in [2.45, 2.75) is 23.6 Å². The Balaban J connectivity index is 1.61. The van der Waals surface area contributed by atoms with Crippen molar-refractivity contribution >= 4 is 17.5 Å². The van der Waals surface area contributed by atoms with Gasteiger partial charge in [-0.15, -0.1) is 11.8 Å². The zero-order valence-electron chi connectivity index (χ0n) is 15.7. The van der Waals surface area contributed by atoms with Crippen LogP contribution in [0.1, 0.15) is 35.6 Å². The maximum atomic E-state index is 6.45. The number of methoxy groups -OCH3 is 1. The third-order valence-electron chi connectivity index (χ3n) is 5.21. The third kappa shape index (κ3) is 2.76. The number of hydrazone groups is 1. The van der Waals surface area contributed by atoms with Crippen molar-refractivity contribution in [3.63, 3.8) is 0 Å². The first-order valence-corrected chi connectivity index (χ1v) is 10.4. The van der Waals surface area contributed by atoms with Gasteiger partial charge in [-0.2, -0.15) is 5.10 Å². The molecule has 5 nitrogen and oxygen atoms in total. The van der Waals surface area contributed by atoms with Gasteiger partial charge in [-0.1, -0.05) is 24.3 Å². The molecule has 5 rings (SSSR count). The van der Waals surface area contributed by atoms with Crippen LogP contribution >= 0.6 is 11.8 Å². The van der Waals surface area contributed by atoms with Crippen molar-refractivity contribution in [2.75, 3.05) is 13.4 Å². The van der Waals surface area contributed by atoms with Gasteiger partial charge in [-0.3, -0.25) is 0 Å². The molecule has 2 aliphatic heterocycles. The Labute approximate surface area is 167 Å². The third-order valence-corrected chi connectivity index (χ3v) is 5.95. The van der Waals surface area contributed by atoms with Gasteiger partial charge in [0, 0.05) is 22.4 Å². The second-order valence-corrected chi connectivity index (χ2v) is 7.63. The van der Waals surface area contributed by atoms with Gasteiger partial charge in [0.2, 0.25) is 6.23 Å². The van der Waals surface area contributed by atoms with E-state index in [0.29, 0.717) is 0 Å². The molecule has 0 saturated carbocycles. The second kappa shape index (κ2) is 6.95.